The van der Waals surface area contributed by atoms with Crippen LogP contribution in [0.25, 0.3) is 5.69 Å². The molecule has 0 unspecified atom stereocenters. The largest absolute Gasteiger partial charge is 0.416 e. The summed E-state index contributed by atoms with van der Waals surface area (Å²) < 4.78 is 40.9. The second-order valence-electron chi connectivity index (χ2n) is 9.23. The Morgan fingerprint density at radius 2 is 1.87 bits per heavy atom. The Labute approximate surface area is 223 Å². The van der Waals surface area contributed by atoms with Crippen LogP contribution in [0, 0.1) is 13.8 Å². The molecule has 2 aromatic heterocycles. The molecule has 0 spiro atoms. The molecule has 0 saturated heterocycles. The van der Waals surface area contributed by atoms with Crippen LogP contribution in [0.3, 0.4) is 0 Å². The summed E-state index contributed by atoms with van der Waals surface area (Å²) in [5.74, 6) is 0.111. The standard InChI is InChI=1S/C28H28F3N5OS/c1-17(2)20-8-10-25(11-9-20)36-18(3)12-21(19(36)4)15-32-35-26(37)14-24-16-38-27(34-24)33-23-7-5-6-22(13-23)28(29,30)31/h5-13,15-17H,14H2,1-4H3,(H,33,34)(H,35,37)/b32-15-. The second-order valence-corrected chi connectivity index (χ2v) is 10.1. The van der Waals surface area contributed by atoms with Gasteiger partial charge in [0, 0.05) is 33.7 Å². The fraction of sp³-hybridized carbons (Fsp3) is 0.250. The van der Waals surface area contributed by atoms with Crippen molar-refractivity contribution in [2.75, 3.05) is 5.32 Å². The summed E-state index contributed by atoms with van der Waals surface area (Å²) in [6.07, 6.45) is -2.83. The van der Waals surface area contributed by atoms with Gasteiger partial charge in [0.15, 0.2) is 5.13 Å². The van der Waals surface area contributed by atoms with Gasteiger partial charge < -0.3 is 9.88 Å². The van der Waals surface area contributed by atoms with Crippen molar-refractivity contribution < 1.29 is 18.0 Å². The minimum absolute atomic E-state index is 0.0146. The lowest BCUT2D eigenvalue weighted by Crippen LogP contribution is -2.20. The number of rotatable bonds is 8. The van der Waals surface area contributed by atoms with E-state index in [0.29, 0.717) is 16.7 Å². The molecular formula is C28H28F3N5OS. The van der Waals surface area contributed by atoms with Crippen molar-refractivity contribution in [3.05, 3.63) is 93.7 Å². The van der Waals surface area contributed by atoms with E-state index in [0.717, 1.165) is 34.8 Å². The minimum atomic E-state index is -4.43. The molecule has 0 radical (unpaired) electrons. The van der Waals surface area contributed by atoms with E-state index in [9.17, 15) is 18.0 Å². The number of hydrogen-bond acceptors (Lipinski definition) is 5. The molecular weight excluding hydrogens is 511 g/mol. The zero-order chi connectivity index (χ0) is 27.4. The highest BCUT2D eigenvalue weighted by molar-refractivity contribution is 7.13. The van der Waals surface area contributed by atoms with Crippen LogP contribution >= 0.6 is 11.3 Å². The van der Waals surface area contributed by atoms with Crippen molar-refractivity contribution in [3.8, 4) is 5.69 Å². The number of nitrogens with zero attached hydrogens (tertiary/aromatic N) is 3. The van der Waals surface area contributed by atoms with E-state index in [-0.39, 0.29) is 18.0 Å². The Kier molecular flexibility index (Phi) is 8.01. The first-order valence-corrected chi connectivity index (χ1v) is 12.9. The number of halogens is 3. The third kappa shape index (κ3) is 6.49. The normalized spacial score (nSPS) is 11.9. The first-order chi connectivity index (χ1) is 18.0. The summed E-state index contributed by atoms with van der Waals surface area (Å²) in [6.45, 7) is 8.34. The summed E-state index contributed by atoms with van der Waals surface area (Å²) in [4.78, 5) is 16.7. The topological polar surface area (TPSA) is 71.3 Å². The van der Waals surface area contributed by atoms with Crippen molar-refractivity contribution in [2.24, 2.45) is 5.10 Å². The van der Waals surface area contributed by atoms with Gasteiger partial charge in [-0.15, -0.1) is 11.3 Å². The molecule has 1 amide bonds. The van der Waals surface area contributed by atoms with Gasteiger partial charge in [-0.2, -0.15) is 18.3 Å². The van der Waals surface area contributed by atoms with E-state index >= 15 is 0 Å². The molecule has 2 heterocycles. The molecule has 4 rings (SSSR count). The van der Waals surface area contributed by atoms with E-state index < -0.39 is 11.7 Å². The van der Waals surface area contributed by atoms with Crippen LogP contribution in [0.15, 0.2) is 65.1 Å². The molecule has 6 nitrogen and oxygen atoms in total. The molecule has 4 aromatic rings. The number of aromatic nitrogens is 2. The Morgan fingerprint density at radius 3 is 2.55 bits per heavy atom. The quantitative estimate of drug-likeness (QED) is 0.185. The number of amides is 1. The summed E-state index contributed by atoms with van der Waals surface area (Å²) in [7, 11) is 0. The van der Waals surface area contributed by atoms with E-state index in [1.165, 1.54) is 29.0 Å². The molecule has 0 aliphatic heterocycles. The molecule has 0 aliphatic rings. The van der Waals surface area contributed by atoms with Crippen LogP contribution in [0.5, 0.6) is 0 Å². The maximum atomic E-state index is 12.9. The van der Waals surface area contributed by atoms with Crippen molar-refractivity contribution in [1.29, 1.82) is 0 Å². The smallest absolute Gasteiger partial charge is 0.332 e. The van der Waals surface area contributed by atoms with Crippen molar-refractivity contribution in [3.63, 3.8) is 0 Å². The molecule has 0 aliphatic carbocycles. The van der Waals surface area contributed by atoms with Gasteiger partial charge in [0.25, 0.3) is 0 Å². The zero-order valence-corrected chi connectivity index (χ0v) is 22.2. The number of hydrogen-bond donors (Lipinski definition) is 2. The van der Waals surface area contributed by atoms with Gasteiger partial charge >= 0.3 is 6.18 Å². The zero-order valence-electron chi connectivity index (χ0n) is 21.4. The molecule has 2 aromatic carbocycles. The Hall–Kier alpha value is -3.92. The number of carbonyl (C=O) groups is 1. The van der Waals surface area contributed by atoms with Crippen LogP contribution in [-0.2, 0) is 17.4 Å². The van der Waals surface area contributed by atoms with Gasteiger partial charge in [0.1, 0.15) is 0 Å². The predicted molar refractivity (Wildman–Crippen MR) is 146 cm³/mol. The summed E-state index contributed by atoms with van der Waals surface area (Å²) in [5, 5.41) is 9.03. The Bertz CT molecular complexity index is 1450. The number of alkyl halides is 3. The second kappa shape index (κ2) is 11.2. The molecule has 0 fully saturated rings. The first-order valence-electron chi connectivity index (χ1n) is 12.0. The van der Waals surface area contributed by atoms with Crippen LogP contribution in [0.2, 0.25) is 0 Å². The monoisotopic (exact) mass is 539 g/mol. The first kappa shape index (κ1) is 27.1. The molecule has 0 bridgehead atoms. The molecule has 0 saturated carbocycles. The van der Waals surface area contributed by atoms with Gasteiger partial charge in [0.05, 0.1) is 23.9 Å². The van der Waals surface area contributed by atoms with Gasteiger partial charge in [0.2, 0.25) is 5.91 Å². The van der Waals surface area contributed by atoms with Crippen molar-refractivity contribution in [1.82, 2.24) is 15.0 Å². The summed E-state index contributed by atoms with van der Waals surface area (Å²) in [6, 6.07) is 15.3. The van der Waals surface area contributed by atoms with Crippen molar-refractivity contribution >= 4 is 34.3 Å². The highest BCUT2D eigenvalue weighted by Gasteiger charge is 2.30. The number of anilines is 2. The fourth-order valence-corrected chi connectivity index (χ4v) is 4.77. The van der Waals surface area contributed by atoms with Crippen LogP contribution in [0.4, 0.5) is 24.0 Å². The number of nitrogens with one attached hydrogen (secondary N) is 2. The Morgan fingerprint density at radius 1 is 1.13 bits per heavy atom. The van der Waals surface area contributed by atoms with Gasteiger partial charge in [-0.3, -0.25) is 4.79 Å². The molecule has 0 atom stereocenters. The van der Waals surface area contributed by atoms with E-state index in [2.05, 4.69) is 63.5 Å². The highest BCUT2D eigenvalue weighted by Crippen LogP contribution is 2.32. The maximum Gasteiger partial charge on any atom is 0.416 e. The van der Waals surface area contributed by atoms with Crippen LogP contribution in [0.1, 0.15) is 53.5 Å². The van der Waals surface area contributed by atoms with Crippen LogP contribution < -0.4 is 10.7 Å². The third-order valence-corrected chi connectivity index (χ3v) is 6.82. The average molecular weight is 540 g/mol. The number of aryl methyl sites for hydroxylation is 1. The number of benzene rings is 2. The predicted octanol–water partition coefficient (Wildman–Crippen LogP) is 7.13. The van der Waals surface area contributed by atoms with Crippen molar-refractivity contribution in [2.45, 2.75) is 46.2 Å². The summed E-state index contributed by atoms with van der Waals surface area (Å²) >= 11 is 1.20. The van der Waals surface area contributed by atoms with Gasteiger partial charge in [-0.05, 0) is 61.7 Å². The molecule has 38 heavy (non-hydrogen) atoms. The van der Waals surface area contributed by atoms with Gasteiger partial charge in [-0.25, -0.2) is 10.4 Å². The summed E-state index contributed by atoms with van der Waals surface area (Å²) in [5.41, 5.74) is 7.80. The average Bonchev–Trinajstić information content (AvgIpc) is 3.41. The van der Waals surface area contributed by atoms with Crippen LogP contribution in [-0.4, -0.2) is 21.7 Å². The number of hydrazone groups is 1. The lowest BCUT2D eigenvalue weighted by molar-refractivity contribution is -0.137. The lowest BCUT2D eigenvalue weighted by atomic mass is 10.0. The maximum absolute atomic E-state index is 12.9. The number of thiazole rings is 1. The fourth-order valence-electron chi connectivity index (χ4n) is 4.04. The highest BCUT2D eigenvalue weighted by atomic mass is 32.1. The third-order valence-electron chi connectivity index (χ3n) is 6.02. The lowest BCUT2D eigenvalue weighted by Gasteiger charge is -2.12. The molecule has 10 heteroatoms. The molecule has 198 valence electrons. The SMILES string of the molecule is Cc1cc(/C=N\NC(=O)Cc2csc(Nc3cccc(C(F)(F)F)c3)n2)c(C)n1-c1ccc(C(C)C)cc1. The Balaban J connectivity index is 1.35. The molecule has 2 N–H and O–H groups in total. The minimum Gasteiger partial charge on any atom is -0.332 e. The number of carbonyl (C=O) groups excluding carboxylic acids is 1. The van der Waals surface area contributed by atoms with E-state index in [1.807, 2.05) is 19.9 Å². The van der Waals surface area contributed by atoms with Gasteiger partial charge in [-0.1, -0.05) is 32.0 Å². The van der Waals surface area contributed by atoms with E-state index in [1.54, 1.807) is 11.6 Å². The van der Waals surface area contributed by atoms with E-state index in [4.69, 9.17) is 0 Å².